The third-order valence-corrected chi connectivity index (χ3v) is 5.26. The van der Waals surface area contributed by atoms with Crippen molar-refractivity contribution in [1.82, 2.24) is 15.2 Å². The highest BCUT2D eigenvalue weighted by molar-refractivity contribution is 6.39. The van der Waals surface area contributed by atoms with Gasteiger partial charge < -0.3 is 14.6 Å². The van der Waals surface area contributed by atoms with Crippen LogP contribution in [0.2, 0.25) is 0 Å². The molecule has 5 amide bonds. The van der Waals surface area contributed by atoms with Crippen LogP contribution in [-0.2, 0) is 25.7 Å². The standard InChI is InChI=1S/C24H21FN4O5/c1-34-11-10-26-21(30)14-28-13-15(16-6-2-4-8-19(16)28)12-17-22(31)27-24(33)29(23(17)32)20-9-5-3-7-18(20)25/h2-9,12-13H,10-11,14H2,1H3,(H,26,30)(H,27,31,33)/b17-12+. The van der Waals surface area contributed by atoms with Crippen LogP contribution in [0.1, 0.15) is 5.56 Å². The highest BCUT2D eigenvalue weighted by Crippen LogP contribution is 2.27. The van der Waals surface area contributed by atoms with Crippen LogP contribution in [0.25, 0.3) is 17.0 Å². The number of methoxy groups -OCH3 is 1. The maximum Gasteiger partial charge on any atom is 0.336 e. The minimum absolute atomic E-state index is 0.00732. The number of rotatable bonds is 7. The number of carbonyl (C=O) groups excluding carboxylic acids is 4. The number of hydrogen-bond donors (Lipinski definition) is 2. The fraction of sp³-hybridized carbons (Fsp3) is 0.167. The smallest absolute Gasteiger partial charge is 0.336 e. The molecule has 1 aromatic heterocycles. The van der Waals surface area contributed by atoms with Gasteiger partial charge in [0.15, 0.2) is 0 Å². The minimum atomic E-state index is -1.03. The molecule has 0 saturated carbocycles. The summed E-state index contributed by atoms with van der Waals surface area (Å²) in [5, 5.41) is 5.51. The van der Waals surface area contributed by atoms with Gasteiger partial charge in [0.1, 0.15) is 17.9 Å². The zero-order valence-corrected chi connectivity index (χ0v) is 18.2. The molecule has 1 aliphatic heterocycles. The maximum absolute atomic E-state index is 14.3. The Labute approximate surface area is 193 Å². The van der Waals surface area contributed by atoms with Crippen molar-refractivity contribution in [2.24, 2.45) is 0 Å². The Balaban J connectivity index is 1.71. The summed E-state index contributed by atoms with van der Waals surface area (Å²) in [4.78, 5) is 50.8. The first-order valence-corrected chi connectivity index (χ1v) is 10.4. The van der Waals surface area contributed by atoms with E-state index in [1.165, 1.54) is 31.4 Å². The summed E-state index contributed by atoms with van der Waals surface area (Å²) in [5.74, 6) is -2.86. The van der Waals surface area contributed by atoms with Crippen molar-refractivity contribution in [3.63, 3.8) is 0 Å². The predicted molar refractivity (Wildman–Crippen MR) is 122 cm³/mol. The monoisotopic (exact) mass is 464 g/mol. The number of imide groups is 2. The number of nitrogens with one attached hydrogen (secondary N) is 2. The number of benzene rings is 2. The van der Waals surface area contributed by atoms with Crippen molar-refractivity contribution >= 4 is 46.4 Å². The lowest BCUT2D eigenvalue weighted by Crippen LogP contribution is -2.54. The van der Waals surface area contributed by atoms with Crippen LogP contribution in [0.4, 0.5) is 14.9 Å². The van der Waals surface area contributed by atoms with Gasteiger partial charge in [-0.2, -0.15) is 0 Å². The molecule has 34 heavy (non-hydrogen) atoms. The van der Waals surface area contributed by atoms with E-state index < -0.39 is 23.7 Å². The number of para-hydroxylation sites is 2. The van der Waals surface area contributed by atoms with E-state index >= 15 is 0 Å². The Bertz CT molecular complexity index is 1330. The molecule has 0 radical (unpaired) electrons. The minimum Gasteiger partial charge on any atom is -0.383 e. The predicted octanol–water partition coefficient (Wildman–Crippen LogP) is 2.21. The molecule has 0 unspecified atom stereocenters. The van der Waals surface area contributed by atoms with E-state index in [1.54, 1.807) is 35.0 Å². The number of barbiturate groups is 1. The van der Waals surface area contributed by atoms with Crippen molar-refractivity contribution in [3.05, 3.63) is 71.7 Å². The first-order valence-electron chi connectivity index (χ1n) is 10.4. The lowest BCUT2D eigenvalue weighted by Gasteiger charge is -2.26. The molecule has 2 N–H and O–H groups in total. The van der Waals surface area contributed by atoms with Crippen molar-refractivity contribution < 1.29 is 28.3 Å². The molecule has 2 aromatic carbocycles. The number of nitrogens with zero attached hydrogens (tertiary/aromatic N) is 2. The van der Waals surface area contributed by atoms with E-state index in [2.05, 4.69) is 10.6 Å². The van der Waals surface area contributed by atoms with E-state index in [0.717, 1.165) is 6.07 Å². The second-order valence-corrected chi connectivity index (χ2v) is 7.48. The molecule has 0 atom stereocenters. The summed E-state index contributed by atoms with van der Waals surface area (Å²) in [6.45, 7) is 0.747. The van der Waals surface area contributed by atoms with Gasteiger partial charge in [0.2, 0.25) is 5.91 Å². The molecule has 2 heterocycles. The van der Waals surface area contributed by atoms with Crippen LogP contribution in [0.3, 0.4) is 0 Å². The van der Waals surface area contributed by atoms with Crippen molar-refractivity contribution in [2.75, 3.05) is 25.2 Å². The van der Waals surface area contributed by atoms with Gasteiger partial charge in [-0.1, -0.05) is 30.3 Å². The van der Waals surface area contributed by atoms with E-state index in [4.69, 9.17) is 4.74 Å². The van der Waals surface area contributed by atoms with Gasteiger partial charge in [-0.15, -0.1) is 0 Å². The van der Waals surface area contributed by atoms with Crippen molar-refractivity contribution in [2.45, 2.75) is 6.54 Å². The number of amides is 5. The first-order chi connectivity index (χ1) is 16.4. The fourth-order valence-electron chi connectivity index (χ4n) is 3.69. The maximum atomic E-state index is 14.3. The molecule has 1 saturated heterocycles. The number of aromatic nitrogens is 1. The average Bonchev–Trinajstić information content (AvgIpc) is 3.15. The molecule has 174 valence electrons. The molecule has 4 rings (SSSR count). The summed E-state index contributed by atoms with van der Waals surface area (Å²) >= 11 is 0. The Morgan fingerprint density at radius 1 is 1.12 bits per heavy atom. The number of ether oxygens (including phenoxy) is 1. The molecular formula is C24H21FN4O5. The Morgan fingerprint density at radius 2 is 1.85 bits per heavy atom. The van der Waals surface area contributed by atoms with Crippen molar-refractivity contribution in [1.29, 1.82) is 0 Å². The molecular weight excluding hydrogens is 443 g/mol. The van der Waals surface area contributed by atoms with Crippen LogP contribution in [0.5, 0.6) is 0 Å². The van der Waals surface area contributed by atoms with Crippen LogP contribution < -0.4 is 15.5 Å². The van der Waals surface area contributed by atoms with Gasteiger partial charge in [0.05, 0.1) is 12.3 Å². The molecule has 1 fully saturated rings. The van der Waals surface area contributed by atoms with E-state index in [-0.39, 0.29) is 23.7 Å². The number of urea groups is 1. The third kappa shape index (κ3) is 4.44. The molecule has 3 aromatic rings. The number of halogens is 1. The topological polar surface area (TPSA) is 110 Å². The lowest BCUT2D eigenvalue weighted by molar-refractivity contribution is -0.123. The molecule has 10 heteroatoms. The number of hydrogen-bond acceptors (Lipinski definition) is 5. The zero-order valence-electron chi connectivity index (χ0n) is 18.2. The Kier molecular flexibility index (Phi) is 6.51. The van der Waals surface area contributed by atoms with Gasteiger partial charge >= 0.3 is 6.03 Å². The highest BCUT2D eigenvalue weighted by Gasteiger charge is 2.38. The number of carbonyl (C=O) groups is 4. The molecule has 0 bridgehead atoms. The molecule has 0 aliphatic carbocycles. The van der Waals surface area contributed by atoms with Gasteiger partial charge in [-0.3, -0.25) is 19.7 Å². The van der Waals surface area contributed by atoms with Crippen LogP contribution in [0, 0.1) is 5.82 Å². The lowest BCUT2D eigenvalue weighted by atomic mass is 10.1. The SMILES string of the molecule is COCCNC(=O)Cn1cc(/C=C2\C(=O)NC(=O)N(c3ccccc3F)C2=O)c2ccccc21. The summed E-state index contributed by atoms with van der Waals surface area (Å²) < 4.78 is 20.9. The summed E-state index contributed by atoms with van der Waals surface area (Å²) in [7, 11) is 1.54. The number of fused-ring (bicyclic) bond motifs is 1. The van der Waals surface area contributed by atoms with E-state index in [9.17, 15) is 23.6 Å². The van der Waals surface area contributed by atoms with Gasteiger partial charge in [0, 0.05) is 36.3 Å². The molecule has 0 spiro atoms. The highest BCUT2D eigenvalue weighted by atomic mass is 19.1. The molecule has 9 nitrogen and oxygen atoms in total. The van der Waals surface area contributed by atoms with Crippen LogP contribution in [-0.4, -0.2) is 48.6 Å². The second-order valence-electron chi connectivity index (χ2n) is 7.48. The van der Waals surface area contributed by atoms with Gasteiger partial charge in [0.25, 0.3) is 11.8 Å². The van der Waals surface area contributed by atoms with E-state index in [1.807, 2.05) is 0 Å². The zero-order chi connectivity index (χ0) is 24.2. The van der Waals surface area contributed by atoms with Crippen LogP contribution >= 0.6 is 0 Å². The Hall–Kier alpha value is -4.31. The molecule has 1 aliphatic rings. The summed E-state index contributed by atoms with van der Waals surface area (Å²) in [6.07, 6.45) is 2.97. The third-order valence-electron chi connectivity index (χ3n) is 5.26. The van der Waals surface area contributed by atoms with Crippen LogP contribution in [0.15, 0.2) is 60.3 Å². The number of anilines is 1. The first kappa shape index (κ1) is 22.9. The average molecular weight is 464 g/mol. The second kappa shape index (κ2) is 9.67. The summed E-state index contributed by atoms with van der Waals surface area (Å²) in [5.41, 5.74) is 0.595. The quantitative estimate of drug-likeness (QED) is 0.317. The Morgan fingerprint density at radius 3 is 2.62 bits per heavy atom. The fourth-order valence-corrected chi connectivity index (χ4v) is 3.69. The normalized spacial score (nSPS) is 15.2. The van der Waals surface area contributed by atoms with Crippen molar-refractivity contribution in [3.8, 4) is 0 Å². The van der Waals surface area contributed by atoms with E-state index in [0.29, 0.717) is 34.5 Å². The summed E-state index contributed by atoms with van der Waals surface area (Å²) in [6, 6.07) is 11.4. The largest absolute Gasteiger partial charge is 0.383 e. The van der Waals surface area contributed by atoms with Gasteiger partial charge in [-0.25, -0.2) is 14.1 Å². The van der Waals surface area contributed by atoms with Gasteiger partial charge in [-0.05, 0) is 24.3 Å².